The number of aromatic nitrogens is 1. The molecule has 2 atom stereocenters. The van der Waals surface area contributed by atoms with E-state index in [1.165, 1.54) is 16.7 Å². The average Bonchev–Trinajstić information content (AvgIpc) is 3.11. The molecule has 0 aromatic carbocycles. The summed E-state index contributed by atoms with van der Waals surface area (Å²) >= 11 is 3.13. The second-order valence-corrected chi connectivity index (χ2v) is 8.18. The van der Waals surface area contributed by atoms with Gasteiger partial charge in [0.05, 0.1) is 10.8 Å². The van der Waals surface area contributed by atoms with Crippen molar-refractivity contribution < 1.29 is 4.79 Å². The van der Waals surface area contributed by atoms with Gasteiger partial charge in [0.25, 0.3) is 0 Å². The van der Waals surface area contributed by atoms with Crippen molar-refractivity contribution in [3.8, 4) is 17.2 Å². The lowest BCUT2D eigenvalue weighted by molar-refractivity contribution is -0.128. The van der Waals surface area contributed by atoms with Crippen molar-refractivity contribution in [2.24, 2.45) is 0 Å². The van der Waals surface area contributed by atoms with E-state index in [0.29, 0.717) is 17.8 Å². The number of nitrogens with one attached hydrogen (secondary N) is 1. The van der Waals surface area contributed by atoms with E-state index in [1.54, 1.807) is 30.8 Å². The summed E-state index contributed by atoms with van der Waals surface area (Å²) in [5.41, 5.74) is 1.99. The zero-order chi connectivity index (χ0) is 18.2. The third-order valence-corrected chi connectivity index (χ3v) is 7.07. The number of hydrogen-bond acceptors (Lipinski definition) is 6. The van der Waals surface area contributed by atoms with Gasteiger partial charge < -0.3 is 4.90 Å². The number of hydrogen-bond donors (Lipinski definition) is 1. The highest BCUT2D eigenvalue weighted by molar-refractivity contribution is 8.00. The molecule has 25 heavy (non-hydrogen) atoms. The van der Waals surface area contributed by atoms with Crippen LogP contribution in [0.3, 0.4) is 0 Å². The molecule has 0 bridgehead atoms. The van der Waals surface area contributed by atoms with Gasteiger partial charge in [-0.3, -0.25) is 15.2 Å². The first kappa shape index (κ1) is 17.6. The third kappa shape index (κ3) is 2.96. The van der Waals surface area contributed by atoms with Crippen LogP contribution >= 0.6 is 23.1 Å². The van der Waals surface area contributed by atoms with Crippen molar-refractivity contribution in [1.82, 2.24) is 9.88 Å². The van der Waals surface area contributed by atoms with Gasteiger partial charge in [-0.15, -0.1) is 11.3 Å². The number of carbonyl (C=O) groups excluding carboxylic acids is 1. The highest BCUT2D eigenvalue weighted by Crippen LogP contribution is 2.45. The number of amides is 1. The van der Waals surface area contributed by atoms with Crippen molar-refractivity contribution in [1.29, 1.82) is 10.7 Å². The van der Waals surface area contributed by atoms with Gasteiger partial charge in [-0.1, -0.05) is 6.92 Å². The topological polar surface area (TPSA) is 80.8 Å². The molecule has 1 amide bonds. The van der Waals surface area contributed by atoms with Crippen LogP contribution in [0.1, 0.15) is 23.8 Å². The zero-order valence-electron chi connectivity index (χ0n) is 14.2. The van der Waals surface area contributed by atoms with Gasteiger partial charge >= 0.3 is 0 Å². The molecule has 128 valence electrons. The van der Waals surface area contributed by atoms with Crippen molar-refractivity contribution in [3.63, 3.8) is 0 Å². The van der Waals surface area contributed by atoms with Crippen LogP contribution < -0.4 is 0 Å². The van der Waals surface area contributed by atoms with Gasteiger partial charge in [0.2, 0.25) is 5.91 Å². The molecule has 0 saturated carbocycles. The fourth-order valence-electron chi connectivity index (χ4n) is 3.16. The second-order valence-electron chi connectivity index (χ2n) is 6.33. The van der Waals surface area contributed by atoms with E-state index in [9.17, 15) is 4.79 Å². The molecule has 1 aliphatic heterocycles. The lowest BCUT2D eigenvalue weighted by atomic mass is 9.77. The fourth-order valence-corrected chi connectivity index (χ4v) is 5.44. The van der Waals surface area contributed by atoms with Crippen molar-refractivity contribution in [3.05, 3.63) is 40.3 Å². The molecule has 0 unspecified atom stereocenters. The van der Waals surface area contributed by atoms with Crippen molar-refractivity contribution >= 4 is 34.8 Å². The summed E-state index contributed by atoms with van der Waals surface area (Å²) in [6.45, 7) is 2.06. The summed E-state index contributed by atoms with van der Waals surface area (Å²) in [5.74, 6) is 0.329. The Morgan fingerprint density at radius 3 is 2.88 bits per heavy atom. The summed E-state index contributed by atoms with van der Waals surface area (Å²) in [6, 6.07) is 5.99. The lowest BCUT2D eigenvalue weighted by Crippen LogP contribution is -2.55. The maximum absolute atomic E-state index is 12.6. The first-order valence-electron chi connectivity index (χ1n) is 7.73. The Balaban J connectivity index is 2.01. The molecule has 0 aliphatic carbocycles. The summed E-state index contributed by atoms with van der Waals surface area (Å²) in [4.78, 5) is 19.3. The molecular formula is C18H18N4OS2. The van der Waals surface area contributed by atoms with Crippen LogP contribution in [0.2, 0.25) is 0 Å². The second kappa shape index (κ2) is 6.62. The first-order chi connectivity index (χ1) is 11.9. The minimum absolute atomic E-state index is 0.0191. The molecule has 1 fully saturated rings. The van der Waals surface area contributed by atoms with E-state index < -0.39 is 5.41 Å². The van der Waals surface area contributed by atoms with Gasteiger partial charge in [0.15, 0.2) is 0 Å². The van der Waals surface area contributed by atoms with E-state index in [4.69, 9.17) is 10.7 Å². The van der Waals surface area contributed by atoms with E-state index in [-0.39, 0.29) is 11.2 Å². The first-order valence-corrected chi connectivity index (χ1v) is 9.90. The molecule has 1 saturated heterocycles. The molecule has 2 aromatic rings. The Labute approximate surface area is 155 Å². The Morgan fingerprint density at radius 2 is 2.20 bits per heavy atom. The summed E-state index contributed by atoms with van der Waals surface area (Å²) in [7, 11) is 1.67. The van der Waals surface area contributed by atoms with E-state index >= 15 is 0 Å². The number of piperidine rings is 1. The van der Waals surface area contributed by atoms with Gasteiger partial charge in [0, 0.05) is 41.7 Å². The molecule has 5 nitrogen and oxygen atoms in total. The Bertz CT molecular complexity index is 885. The van der Waals surface area contributed by atoms with Gasteiger partial charge in [-0.2, -0.15) is 17.0 Å². The third-order valence-electron chi connectivity index (χ3n) is 4.67. The number of nitriles is 1. The van der Waals surface area contributed by atoms with Gasteiger partial charge in [-0.05, 0) is 29.3 Å². The average molecular weight is 371 g/mol. The number of likely N-dealkylation sites (tertiary alicyclic amines) is 1. The Hall–Kier alpha value is -2.17. The lowest BCUT2D eigenvalue weighted by Gasteiger charge is -2.42. The Morgan fingerprint density at radius 1 is 1.44 bits per heavy atom. The molecule has 0 spiro atoms. The highest BCUT2D eigenvalue weighted by atomic mass is 32.2. The van der Waals surface area contributed by atoms with Crippen LogP contribution in [0.15, 0.2) is 29.9 Å². The molecule has 7 heteroatoms. The summed E-state index contributed by atoms with van der Waals surface area (Å²) in [6.07, 6.45) is 5.75. The van der Waals surface area contributed by atoms with E-state index in [1.807, 2.05) is 17.7 Å². The Kier molecular flexibility index (Phi) is 4.67. The van der Waals surface area contributed by atoms with Crippen LogP contribution in [-0.2, 0) is 10.2 Å². The number of nitrogens with zero attached hydrogens (tertiary/aromatic N) is 3. The monoisotopic (exact) mass is 370 g/mol. The quantitative estimate of drug-likeness (QED) is 0.896. The van der Waals surface area contributed by atoms with Crippen LogP contribution in [-0.4, -0.2) is 40.2 Å². The molecule has 0 radical (unpaired) electrons. The van der Waals surface area contributed by atoms with Gasteiger partial charge in [0.1, 0.15) is 11.9 Å². The number of thioether (sulfide) groups is 1. The maximum Gasteiger partial charge on any atom is 0.241 e. The maximum atomic E-state index is 12.6. The van der Waals surface area contributed by atoms with Crippen LogP contribution in [0.4, 0.5) is 0 Å². The van der Waals surface area contributed by atoms with Crippen LogP contribution in [0.25, 0.3) is 11.1 Å². The number of rotatable bonds is 3. The standard InChI is InChI=1S/C18H18N4OS2/c1-18(6-15(20)22(2)17(23)16(18)24-3)14-5-13(10-25-14)12-4-11(7-19)8-21-9-12/h4-5,8-10,16,20H,6H2,1-3H3/t16-,18-/m1/s1. The fraction of sp³-hybridized carbons (Fsp3) is 0.333. The highest BCUT2D eigenvalue weighted by Gasteiger charge is 2.48. The molecule has 2 aromatic heterocycles. The van der Waals surface area contributed by atoms with Crippen molar-refractivity contribution in [2.45, 2.75) is 24.0 Å². The smallest absolute Gasteiger partial charge is 0.241 e. The number of amidine groups is 1. The molecular weight excluding hydrogens is 352 g/mol. The normalized spacial score (nSPS) is 23.6. The van der Waals surface area contributed by atoms with E-state index in [2.05, 4.69) is 24.0 Å². The SMILES string of the molecule is CS[C@@H]1C(=O)N(C)C(=N)C[C@]1(C)c1cc(-c2cncc(C#N)c2)cs1. The molecule has 1 N–H and O–H groups in total. The van der Waals surface area contributed by atoms with Crippen LogP contribution in [0, 0.1) is 16.7 Å². The molecule has 1 aliphatic rings. The number of carbonyl (C=O) groups is 1. The number of pyridine rings is 1. The largest absolute Gasteiger partial charge is 0.303 e. The predicted molar refractivity (Wildman–Crippen MR) is 102 cm³/mol. The molecule has 3 rings (SSSR count). The van der Waals surface area contributed by atoms with Gasteiger partial charge in [-0.25, -0.2) is 0 Å². The summed E-state index contributed by atoms with van der Waals surface area (Å²) in [5, 5.41) is 19.0. The minimum Gasteiger partial charge on any atom is -0.303 e. The van der Waals surface area contributed by atoms with Crippen molar-refractivity contribution in [2.75, 3.05) is 13.3 Å². The zero-order valence-corrected chi connectivity index (χ0v) is 15.9. The number of thiophene rings is 1. The van der Waals surface area contributed by atoms with E-state index in [0.717, 1.165) is 16.0 Å². The predicted octanol–water partition coefficient (Wildman–Crippen LogP) is 3.51. The summed E-state index contributed by atoms with van der Waals surface area (Å²) < 4.78 is 0. The minimum atomic E-state index is -0.413. The van der Waals surface area contributed by atoms with Crippen LogP contribution in [0.5, 0.6) is 0 Å². The molecule has 3 heterocycles.